The number of nitrogens with zero attached hydrogens (tertiary/aromatic N) is 2. The molecular weight excluding hydrogens is 471 g/mol. The van der Waals surface area contributed by atoms with Crippen LogP contribution in [0.25, 0.3) is 31.9 Å². The highest BCUT2D eigenvalue weighted by atomic mass is 79.9. The monoisotopic (exact) mass is 474 g/mol. The molecule has 0 fully saturated rings. The van der Waals surface area contributed by atoms with Gasteiger partial charge in [-0.15, -0.1) is 22.7 Å². The molecule has 2 nitrogen and oxygen atoms in total. The van der Waals surface area contributed by atoms with Gasteiger partial charge >= 0.3 is 0 Å². The first kappa shape index (κ1) is 14.9. The largest absolute Gasteiger partial charge is 0.205 e. The Bertz CT molecular complexity index is 989. The van der Waals surface area contributed by atoms with Crippen LogP contribution in [-0.2, 0) is 0 Å². The van der Waals surface area contributed by atoms with E-state index < -0.39 is 0 Å². The van der Waals surface area contributed by atoms with Crippen molar-refractivity contribution in [2.75, 3.05) is 0 Å². The van der Waals surface area contributed by atoms with E-state index in [1.54, 1.807) is 6.07 Å². The van der Waals surface area contributed by atoms with Gasteiger partial charge in [0.1, 0.15) is 16.9 Å². The van der Waals surface area contributed by atoms with Gasteiger partial charge in [-0.2, -0.15) is 8.75 Å². The number of halogens is 3. The number of hydrogen-bond acceptors (Lipinski definition) is 5. The molecule has 0 bridgehead atoms. The summed E-state index contributed by atoms with van der Waals surface area (Å²) >= 11 is 11.0. The lowest BCUT2D eigenvalue weighted by Crippen LogP contribution is -1.89. The number of rotatable bonds is 2. The van der Waals surface area contributed by atoms with Gasteiger partial charge in [-0.05, 0) is 62.2 Å². The zero-order valence-electron chi connectivity index (χ0n) is 10.6. The van der Waals surface area contributed by atoms with E-state index >= 15 is 4.39 Å². The SMILES string of the molecule is Fc1c(-c2ccc(Br)s2)cc2nsnc2c1-c1ccc(Br)s1. The van der Waals surface area contributed by atoms with Crippen LogP contribution in [0.1, 0.15) is 0 Å². The maximum Gasteiger partial charge on any atom is 0.142 e. The lowest BCUT2D eigenvalue weighted by atomic mass is 10.0. The van der Waals surface area contributed by atoms with Gasteiger partial charge in [-0.3, -0.25) is 0 Å². The first-order valence-corrected chi connectivity index (χ1v) is 10.0. The summed E-state index contributed by atoms with van der Waals surface area (Å²) in [5.41, 5.74) is 2.44. The first-order chi connectivity index (χ1) is 10.6. The number of thiophene rings is 2. The smallest absolute Gasteiger partial charge is 0.142 e. The second kappa shape index (κ2) is 5.76. The van der Waals surface area contributed by atoms with Gasteiger partial charge in [-0.1, -0.05) is 0 Å². The van der Waals surface area contributed by atoms with Crippen LogP contribution in [-0.4, -0.2) is 8.75 Å². The molecule has 8 heteroatoms. The van der Waals surface area contributed by atoms with Crippen molar-refractivity contribution < 1.29 is 4.39 Å². The van der Waals surface area contributed by atoms with E-state index in [4.69, 9.17) is 0 Å². The third-order valence-electron chi connectivity index (χ3n) is 3.15. The van der Waals surface area contributed by atoms with E-state index in [-0.39, 0.29) is 5.82 Å². The molecule has 0 amide bonds. The molecule has 0 saturated carbocycles. The van der Waals surface area contributed by atoms with Gasteiger partial charge in [0.25, 0.3) is 0 Å². The molecule has 110 valence electrons. The molecule has 0 atom stereocenters. The van der Waals surface area contributed by atoms with Crippen molar-refractivity contribution in [3.63, 3.8) is 0 Å². The van der Waals surface area contributed by atoms with Gasteiger partial charge in [-0.25, -0.2) is 4.39 Å². The molecule has 22 heavy (non-hydrogen) atoms. The normalized spacial score (nSPS) is 11.4. The van der Waals surface area contributed by atoms with E-state index in [1.165, 1.54) is 22.7 Å². The molecule has 0 aliphatic heterocycles. The third-order valence-corrected chi connectivity index (χ3v) is 6.99. The van der Waals surface area contributed by atoms with Crippen molar-refractivity contribution in [1.82, 2.24) is 8.75 Å². The minimum absolute atomic E-state index is 0.246. The Morgan fingerprint density at radius 2 is 1.59 bits per heavy atom. The molecule has 1 aromatic carbocycles. The van der Waals surface area contributed by atoms with Gasteiger partial charge < -0.3 is 0 Å². The van der Waals surface area contributed by atoms with Gasteiger partial charge in [0.05, 0.1) is 24.9 Å². The summed E-state index contributed by atoms with van der Waals surface area (Å²) in [5, 5.41) is 0. The molecule has 0 saturated heterocycles. The molecule has 3 heterocycles. The predicted octanol–water partition coefficient (Wildman–Crippen LogP) is 6.81. The Morgan fingerprint density at radius 1 is 0.909 bits per heavy atom. The molecule has 0 N–H and O–H groups in total. The van der Waals surface area contributed by atoms with Crippen LogP contribution in [0.15, 0.2) is 37.9 Å². The van der Waals surface area contributed by atoms with Crippen LogP contribution in [0.3, 0.4) is 0 Å². The summed E-state index contributed by atoms with van der Waals surface area (Å²) in [5.74, 6) is -0.246. The molecule has 3 aromatic heterocycles. The molecular formula is C14H5Br2FN2S3. The van der Waals surface area contributed by atoms with Crippen LogP contribution in [0.4, 0.5) is 4.39 Å². The number of aromatic nitrogens is 2. The zero-order valence-corrected chi connectivity index (χ0v) is 16.3. The minimum atomic E-state index is -0.246. The summed E-state index contributed by atoms with van der Waals surface area (Å²) < 4.78 is 25.7. The van der Waals surface area contributed by atoms with Gasteiger partial charge in [0.2, 0.25) is 0 Å². The average molecular weight is 476 g/mol. The molecule has 0 spiro atoms. The molecule has 4 rings (SSSR count). The van der Waals surface area contributed by atoms with Crippen molar-refractivity contribution in [2.24, 2.45) is 0 Å². The Balaban J connectivity index is 2.06. The highest BCUT2D eigenvalue weighted by Crippen LogP contribution is 2.42. The van der Waals surface area contributed by atoms with Crippen molar-refractivity contribution in [1.29, 1.82) is 0 Å². The Hall–Kier alpha value is -0.670. The molecule has 0 unspecified atom stereocenters. The standard InChI is InChI=1S/C14H5Br2FN2S3/c15-10-3-1-8(20-10)6-5-7-14(19-22-18-7)12(13(6)17)9-2-4-11(16)21-9/h1-5H. The summed E-state index contributed by atoms with van der Waals surface area (Å²) in [7, 11) is 0. The zero-order chi connectivity index (χ0) is 15.3. The van der Waals surface area contributed by atoms with Crippen LogP contribution in [0, 0.1) is 5.82 Å². The van der Waals surface area contributed by atoms with E-state index in [0.717, 1.165) is 34.6 Å². The van der Waals surface area contributed by atoms with E-state index in [1.807, 2.05) is 24.3 Å². The molecule has 4 aromatic rings. The lowest BCUT2D eigenvalue weighted by molar-refractivity contribution is 0.637. The van der Waals surface area contributed by atoms with Crippen LogP contribution in [0.5, 0.6) is 0 Å². The lowest BCUT2D eigenvalue weighted by Gasteiger charge is -2.06. The summed E-state index contributed by atoms with van der Waals surface area (Å²) in [4.78, 5) is 1.72. The number of hydrogen-bond donors (Lipinski definition) is 0. The number of benzene rings is 1. The Kier molecular flexibility index (Phi) is 3.90. The summed E-state index contributed by atoms with van der Waals surface area (Å²) in [6, 6.07) is 9.43. The predicted molar refractivity (Wildman–Crippen MR) is 99.4 cm³/mol. The second-order valence-electron chi connectivity index (χ2n) is 4.45. The fourth-order valence-corrected chi connectivity index (χ4v) is 5.57. The summed E-state index contributed by atoms with van der Waals surface area (Å²) in [6.07, 6.45) is 0. The van der Waals surface area contributed by atoms with Gasteiger partial charge in [0, 0.05) is 15.3 Å². The fourth-order valence-electron chi connectivity index (χ4n) is 2.21. The first-order valence-electron chi connectivity index (χ1n) is 6.09. The quantitative estimate of drug-likeness (QED) is 0.318. The van der Waals surface area contributed by atoms with Crippen molar-refractivity contribution in [3.8, 4) is 20.9 Å². The van der Waals surface area contributed by atoms with E-state index in [9.17, 15) is 0 Å². The molecule has 0 aliphatic rings. The van der Waals surface area contributed by atoms with Crippen molar-refractivity contribution >= 4 is 77.3 Å². The fraction of sp³-hybridized carbons (Fsp3) is 0. The highest BCUT2D eigenvalue weighted by Gasteiger charge is 2.21. The maximum absolute atomic E-state index is 15.2. The van der Waals surface area contributed by atoms with Crippen molar-refractivity contribution in [2.45, 2.75) is 0 Å². The average Bonchev–Trinajstić information content (AvgIpc) is 3.19. The Morgan fingerprint density at radius 3 is 2.23 bits per heavy atom. The van der Waals surface area contributed by atoms with Crippen LogP contribution in [0.2, 0.25) is 0 Å². The highest BCUT2D eigenvalue weighted by molar-refractivity contribution is 9.11. The molecule has 0 radical (unpaired) electrons. The Labute approximate surface area is 154 Å². The van der Waals surface area contributed by atoms with Crippen LogP contribution < -0.4 is 0 Å². The topological polar surface area (TPSA) is 25.8 Å². The maximum atomic E-state index is 15.2. The molecule has 0 aliphatic carbocycles. The van der Waals surface area contributed by atoms with Crippen LogP contribution >= 0.6 is 66.3 Å². The van der Waals surface area contributed by atoms with Gasteiger partial charge in [0.15, 0.2) is 0 Å². The number of fused-ring (bicyclic) bond motifs is 1. The third kappa shape index (κ3) is 2.46. The summed E-state index contributed by atoms with van der Waals surface area (Å²) in [6.45, 7) is 0. The minimum Gasteiger partial charge on any atom is -0.205 e. The van der Waals surface area contributed by atoms with Crippen molar-refractivity contribution in [3.05, 3.63) is 43.7 Å². The van der Waals surface area contributed by atoms with E-state index in [0.29, 0.717) is 16.6 Å². The second-order valence-corrected chi connectivity index (χ2v) is 9.91. The van der Waals surface area contributed by atoms with E-state index in [2.05, 4.69) is 40.6 Å².